The van der Waals surface area contributed by atoms with Crippen LogP contribution in [0.15, 0.2) is 17.1 Å². The summed E-state index contributed by atoms with van der Waals surface area (Å²) < 4.78 is 0. The zero-order chi connectivity index (χ0) is 20.5. The van der Waals surface area contributed by atoms with Crippen molar-refractivity contribution < 1.29 is 9.59 Å². The Bertz CT molecular complexity index is 677. The van der Waals surface area contributed by atoms with Gasteiger partial charge >= 0.3 is 0 Å². The summed E-state index contributed by atoms with van der Waals surface area (Å²) in [5, 5.41) is 6.72. The lowest BCUT2D eigenvalue weighted by atomic mass is 9.85. The first kappa shape index (κ1) is 20.3. The molecule has 160 valence electrons. The van der Waals surface area contributed by atoms with Crippen LogP contribution in [0.4, 0.5) is 0 Å². The van der Waals surface area contributed by atoms with E-state index in [1.165, 1.54) is 4.90 Å². The van der Waals surface area contributed by atoms with Gasteiger partial charge < -0.3 is 15.5 Å². The zero-order valence-electron chi connectivity index (χ0n) is 17.8. The zero-order valence-corrected chi connectivity index (χ0v) is 17.8. The third kappa shape index (κ3) is 3.92. The number of imide groups is 1. The highest BCUT2D eigenvalue weighted by molar-refractivity contribution is 6.06. The molecule has 0 aromatic heterocycles. The van der Waals surface area contributed by atoms with Crippen LogP contribution in [-0.2, 0) is 9.59 Å². The molecule has 0 spiro atoms. The van der Waals surface area contributed by atoms with Crippen LogP contribution in [0.1, 0.15) is 12.8 Å². The predicted molar refractivity (Wildman–Crippen MR) is 112 cm³/mol. The highest BCUT2D eigenvalue weighted by Crippen LogP contribution is 2.52. The molecule has 4 aliphatic rings. The van der Waals surface area contributed by atoms with E-state index in [-0.39, 0.29) is 35.5 Å². The minimum absolute atomic E-state index is 0.0452. The molecule has 2 amide bonds. The van der Waals surface area contributed by atoms with Gasteiger partial charge in [0.15, 0.2) is 5.96 Å². The van der Waals surface area contributed by atoms with Crippen LogP contribution in [0.3, 0.4) is 0 Å². The standard InChI is InChI=1S/C21H34N6O2/c1-22-21(24-12-16-13-25(2)9-10-26(16)3)23-7-4-8-27-19(28)17-14-5-6-15(11-14)18(17)20(27)29/h5-6,14-18H,4,7-13H2,1-3H3,(H2,22,23,24). The third-order valence-electron chi connectivity index (χ3n) is 7.12. The molecule has 2 saturated heterocycles. The van der Waals surface area contributed by atoms with Gasteiger partial charge in [0.2, 0.25) is 11.8 Å². The summed E-state index contributed by atoms with van der Waals surface area (Å²) in [6.07, 6.45) is 5.99. The summed E-state index contributed by atoms with van der Waals surface area (Å²) >= 11 is 0. The number of carbonyl (C=O) groups excluding carboxylic acids is 2. The maximum Gasteiger partial charge on any atom is 0.233 e. The molecular formula is C21H34N6O2. The second-order valence-electron chi connectivity index (χ2n) is 8.96. The van der Waals surface area contributed by atoms with Crippen molar-refractivity contribution in [2.45, 2.75) is 18.9 Å². The summed E-state index contributed by atoms with van der Waals surface area (Å²) in [5.41, 5.74) is 0. The van der Waals surface area contributed by atoms with E-state index >= 15 is 0 Å². The summed E-state index contributed by atoms with van der Waals surface area (Å²) in [6.45, 7) is 5.22. The molecule has 8 heteroatoms. The number of hydrogen-bond donors (Lipinski definition) is 2. The average molecular weight is 403 g/mol. The first-order valence-electron chi connectivity index (χ1n) is 10.9. The molecule has 2 aliphatic carbocycles. The first-order valence-corrected chi connectivity index (χ1v) is 10.9. The lowest BCUT2D eigenvalue weighted by Gasteiger charge is -2.37. The van der Waals surface area contributed by atoms with Crippen molar-refractivity contribution in [1.82, 2.24) is 25.3 Å². The number of hydrogen-bond acceptors (Lipinski definition) is 5. The van der Waals surface area contributed by atoms with Gasteiger partial charge in [-0.05, 0) is 38.8 Å². The molecule has 5 atom stereocenters. The van der Waals surface area contributed by atoms with E-state index in [1.807, 2.05) is 0 Å². The molecule has 2 N–H and O–H groups in total. The molecule has 5 unspecified atom stereocenters. The number of piperazine rings is 1. The topological polar surface area (TPSA) is 80.3 Å². The van der Waals surface area contributed by atoms with Crippen molar-refractivity contribution in [3.8, 4) is 0 Å². The van der Waals surface area contributed by atoms with Crippen molar-refractivity contribution in [2.24, 2.45) is 28.7 Å². The maximum atomic E-state index is 12.7. The van der Waals surface area contributed by atoms with Crippen molar-refractivity contribution >= 4 is 17.8 Å². The van der Waals surface area contributed by atoms with Gasteiger partial charge in [0.25, 0.3) is 0 Å². The molecule has 1 saturated carbocycles. The minimum atomic E-state index is -0.0921. The van der Waals surface area contributed by atoms with Gasteiger partial charge in [-0.25, -0.2) is 0 Å². The molecule has 4 rings (SSSR count). The molecule has 29 heavy (non-hydrogen) atoms. The van der Waals surface area contributed by atoms with Crippen LogP contribution in [0.25, 0.3) is 0 Å². The number of allylic oxidation sites excluding steroid dienone is 2. The molecule has 0 aromatic carbocycles. The Morgan fingerprint density at radius 2 is 1.79 bits per heavy atom. The summed E-state index contributed by atoms with van der Waals surface area (Å²) in [5.74, 6) is 1.24. The van der Waals surface area contributed by atoms with E-state index in [9.17, 15) is 9.59 Å². The fourth-order valence-corrected chi connectivity index (χ4v) is 5.39. The lowest BCUT2D eigenvalue weighted by molar-refractivity contribution is -0.140. The van der Waals surface area contributed by atoms with Crippen LogP contribution in [-0.4, -0.2) is 98.9 Å². The van der Waals surface area contributed by atoms with Crippen LogP contribution in [0.5, 0.6) is 0 Å². The Kier molecular flexibility index (Phi) is 5.92. The fraction of sp³-hybridized carbons (Fsp3) is 0.762. The van der Waals surface area contributed by atoms with E-state index < -0.39 is 0 Å². The Hall–Kier alpha value is -1.93. The molecule has 2 aliphatic heterocycles. The normalized spacial score (nSPS) is 34.9. The summed E-state index contributed by atoms with van der Waals surface area (Å²) in [4.78, 5) is 36.0. The van der Waals surface area contributed by atoms with Crippen molar-refractivity contribution in [3.63, 3.8) is 0 Å². The Morgan fingerprint density at radius 1 is 1.10 bits per heavy atom. The second-order valence-corrected chi connectivity index (χ2v) is 8.96. The molecule has 0 radical (unpaired) electrons. The van der Waals surface area contributed by atoms with Crippen molar-refractivity contribution in [2.75, 3.05) is 60.4 Å². The molecular weight excluding hydrogens is 368 g/mol. The Balaban J connectivity index is 1.19. The van der Waals surface area contributed by atoms with Crippen LogP contribution >= 0.6 is 0 Å². The lowest BCUT2D eigenvalue weighted by Crippen LogP contribution is -2.55. The van der Waals surface area contributed by atoms with Crippen molar-refractivity contribution in [1.29, 1.82) is 0 Å². The van der Waals surface area contributed by atoms with Gasteiger partial charge in [0.1, 0.15) is 0 Å². The number of carbonyl (C=O) groups is 2. The van der Waals surface area contributed by atoms with Gasteiger partial charge in [-0.15, -0.1) is 0 Å². The van der Waals surface area contributed by atoms with Gasteiger partial charge in [-0.1, -0.05) is 12.2 Å². The largest absolute Gasteiger partial charge is 0.356 e. The molecule has 0 aromatic rings. The number of nitrogens with one attached hydrogen (secondary N) is 2. The number of aliphatic imine (C=N–C) groups is 1. The van der Waals surface area contributed by atoms with Gasteiger partial charge in [0, 0.05) is 52.4 Å². The smallest absolute Gasteiger partial charge is 0.233 e. The average Bonchev–Trinajstić information content (AvgIpc) is 3.39. The van der Waals surface area contributed by atoms with Gasteiger partial charge in [-0.2, -0.15) is 0 Å². The summed E-state index contributed by atoms with van der Waals surface area (Å²) in [6, 6.07) is 0.454. The molecule has 2 heterocycles. The highest BCUT2D eigenvalue weighted by Gasteiger charge is 2.58. The number of rotatable bonds is 6. The van der Waals surface area contributed by atoms with Crippen LogP contribution in [0.2, 0.25) is 0 Å². The van der Waals surface area contributed by atoms with Crippen LogP contribution in [0, 0.1) is 23.7 Å². The van der Waals surface area contributed by atoms with Crippen molar-refractivity contribution in [3.05, 3.63) is 12.2 Å². The molecule has 3 fully saturated rings. The van der Waals surface area contributed by atoms with E-state index in [2.05, 4.69) is 51.7 Å². The Morgan fingerprint density at radius 3 is 2.45 bits per heavy atom. The molecule has 2 bridgehead atoms. The van der Waals surface area contributed by atoms with Crippen LogP contribution < -0.4 is 10.6 Å². The number of amides is 2. The monoisotopic (exact) mass is 402 g/mol. The van der Waals surface area contributed by atoms with E-state index in [0.717, 1.165) is 45.0 Å². The minimum Gasteiger partial charge on any atom is -0.356 e. The van der Waals surface area contributed by atoms with E-state index in [0.29, 0.717) is 19.1 Å². The third-order valence-corrected chi connectivity index (χ3v) is 7.12. The molecule has 8 nitrogen and oxygen atoms in total. The number of likely N-dealkylation sites (tertiary alicyclic amines) is 1. The highest BCUT2D eigenvalue weighted by atomic mass is 16.2. The van der Waals surface area contributed by atoms with Gasteiger partial charge in [-0.3, -0.25) is 24.4 Å². The predicted octanol–water partition coefficient (Wildman–Crippen LogP) is -0.406. The Labute approximate surface area is 173 Å². The first-order chi connectivity index (χ1) is 14.0. The van der Waals surface area contributed by atoms with E-state index in [1.54, 1.807) is 7.05 Å². The van der Waals surface area contributed by atoms with Gasteiger partial charge in [0.05, 0.1) is 11.8 Å². The summed E-state index contributed by atoms with van der Waals surface area (Å²) in [7, 11) is 6.09. The van der Waals surface area contributed by atoms with E-state index in [4.69, 9.17) is 0 Å². The number of likely N-dealkylation sites (N-methyl/N-ethyl adjacent to an activating group) is 2. The number of nitrogens with zero attached hydrogens (tertiary/aromatic N) is 4. The SMILES string of the molecule is CN=C(NCCCN1C(=O)C2C3C=CC(C3)C2C1=O)NCC1CN(C)CCN1C. The maximum absolute atomic E-state index is 12.7. The number of fused-ring (bicyclic) bond motifs is 5. The quantitative estimate of drug-likeness (QED) is 0.207. The second kappa shape index (κ2) is 8.44. The number of guanidine groups is 1. The fourth-order valence-electron chi connectivity index (χ4n) is 5.39.